The van der Waals surface area contributed by atoms with Crippen molar-refractivity contribution in [2.24, 2.45) is 0 Å². The van der Waals surface area contributed by atoms with Gasteiger partial charge in [0.1, 0.15) is 17.9 Å². The number of benzene rings is 1. The van der Waals surface area contributed by atoms with Gasteiger partial charge in [-0.1, -0.05) is 18.2 Å². The second-order valence-electron chi connectivity index (χ2n) is 5.82. The Kier molecular flexibility index (Phi) is 5.33. The molecule has 2 aromatic rings. The number of amides is 2. The third-order valence-electron chi connectivity index (χ3n) is 4.35. The first-order chi connectivity index (χ1) is 12.2. The summed E-state index contributed by atoms with van der Waals surface area (Å²) in [5.41, 5.74) is 1.03. The average molecular weight is 342 g/mol. The van der Waals surface area contributed by atoms with E-state index in [-0.39, 0.29) is 12.1 Å². The van der Waals surface area contributed by atoms with E-state index in [1.54, 1.807) is 13.2 Å². The van der Waals surface area contributed by atoms with E-state index in [0.29, 0.717) is 18.2 Å². The Morgan fingerprint density at radius 2 is 2.04 bits per heavy atom. The quantitative estimate of drug-likeness (QED) is 0.923. The molecule has 1 fully saturated rings. The zero-order valence-electron chi connectivity index (χ0n) is 14.4. The molecule has 7 heteroatoms. The second kappa shape index (κ2) is 7.83. The van der Waals surface area contributed by atoms with Gasteiger partial charge in [-0.2, -0.15) is 0 Å². The maximum Gasteiger partial charge on any atom is 0.323 e. The molecule has 1 N–H and O–H groups in total. The first kappa shape index (κ1) is 17.0. The van der Waals surface area contributed by atoms with E-state index in [0.717, 1.165) is 30.6 Å². The summed E-state index contributed by atoms with van der Waals surface area (Å²) in [6.07, 6.45) is 4.32. The molecule has 3 rings (SSSR count). The number of aromatic nitrogens is 2. The summed E-state index contributed by atoms with van der Waals surface area (Å²) in [6, 6.07) is 9.24. The molecule has 1 aromatic heterocycles. The van der Waals surface area contributed by atoms with E-state index >= 15 is 0 Å². The molecule has 0 saturated carbocycles. The number of urea groups is 1. The molecule has 25 heavy (non-hydrogen) atoms. The van der Waals surface area contributed by atoms with Crippen molar-refractivity contribution in [3.05, 3.63) is 42.2 Å². The van der Waals surface area contributed by atoms with E-state index < -0.39 is 0 Å². The summed E-state index contributed by atoms with van der Waals surface area (Å²) in [4.78, 5) is 22.7. The Bertz CT molecular complexity index is 738. The lowest BCUT2D eigenvalue weighted by Crippen LogP contribution is -2.41. The summed E-state index contributed by atoms with van der Waals surface area (Å²) >= 11 is 0. The molecule has 1 aromatic carbocycles. The van der Waals surface area contributed by atoms with Crippen LogP contribution in [-0.4, -0.2) is 41.7 Å². The van der Waals surface area contributed by atoms with Gasteiger partial charge in [-0.05, 0) is 25.3 Å². The van der Waals surface area contributed by atoms with E-state index in [9.17, 15) is 4.79 Å². The fourth-order valence-electron chi connectivity index (χ4n) is 3.14. The van der Waals surface area contributed by atoms with Crippen LogP contribution in [0, 0.1) is 0 Å². The van der Waals surface area contributed by atoms with Crippen molar-refractivity contribution in [2.45, 2.75) is 25.3 Å². The molecule has 1 aliphatic heterocycles. The minimum Gasteiger partial charge on any atom is -0.496 e. The highest BCUT2D eigenvalue weighted by Gasteiger charge is 2.30. The molecule has 1 unspecified atom stereocenters. The Morgan fingerprint density at radius 3 is 2.84 bits per heavy atom. The van der Waals surface area contributed by atoms with Crippen LogP contribution < -0.4 is 14.8 Å². The fourth-order valence-corrected chi connectivity index (χ4v) is 3.14. The van der Waals surface area contributed by atoms with Crippen molar-refractivity contribution in [1.29, 1.82) is 0 Å². The van der Waals surface area contributed by atoms with Crippen LogP contribution in [0.4, 0.5) is 10.6 Å². The molecule has 0 aliphatic carbocycles. The van der Waals surface area contributed by atoms with Gasteiger partial charge in [0, 0.05) is 18.2 Å². The van der Waals surface area contributed by atoms with E-state index in [4.69, 9.17) is 9.47 Å². The van der Waals surface area contributed by atoms with Gasteiger partial charge in [-0.15, -0.1) is 0 Å². The van der Waals surface area contributed by atoms with Crippen LogP contribution in [0.3, 0.4) is 0 Å². The second-order valence-corrected chi connectivity index (χ2v) is 5.82. The van der Waals surface area contributed by atoms with Crippen LogP contribution in [0.5, 0.6) is 11.6 Å². The Labute approximate surface area is 147 Å². The molecule has 0 bridgehead atoms. The molecule has 0 radical (unpaired) electrons. The summed E-state index contributed by atoms with van der Waals surface area (Å²) in [7, 11) is 3.18. The molecule has 1 atom stereocenters. The smallest absolute Gasteiger partial charge is 0.323 e. The largest absolute Gasteiger partial charge is 0.496 e. The molecule has 1 saturated heterocycles. The van der Waals surface area contributed by atoms with E-state index in [1.165, 1.54) is 13.4 Å². The van der Waals surface area contributed by atoms with Crippen LogP contribution >= 0.6 is 0 Å². The number of para-hydroxylation sites is 1. The van der Waals surface area contributed by atoms with Crippen molar-refractivity contribution in [2.75, 3.05) is 26.1 Å². The summed E-state index contributed by atoms with van der Waals surface area (Å²) in [5, 5.41) is 2.84. The van der Waals surface area contributed by atoms with Gasteiger partial charge in [0.2, 0.25) is 5.88 Å². The number of likely N-dealkylation sites (tertiary alicyclic amines) is 1. The monoisotopic (exact) mass is 342 g/mol. The van der Waals surface area contributed by atoms with Crippen molar-refractivity contribution < 1.29 is 14.3 Å². The highest BCUT2D eigenvalue weighted by molar-refractivity contribution is 5.88. The van der Waals surface area contributed by atoms with E-state index in [1.807, 2.05) is 29.2 Å². The number of nitrogens with zero attached hydrogens (tertiary/aromatic N) is 3. The molecule has 2 heterocycles. The number of anilines is 1. The standard InChI is InChI=1S/C18H22N4O3/c1-24-15-9-4-3-7-13(15)14-8-5-6-10-22(14)18(23)21-16-11-17(25-2)20-12-19-16/h3-4,7,9,11-12,14H,5-6,8,10H2,1-2H3,(H,19,20,21,23). The van der Waals surface area contributed by atoms with Gasteiger partial charge in [0.15, 0.2) is 0 Å². The maximum atomic E-state index is 12.8. The molecular formula is C18H22N4O3. The van der Waals surface area contributed by atoms with Crippen molar-refractivity contribution in [1.82, 2.24) is 14.9 Å². The lowest BCUT2D eigenvalue weighted by atomic mass is 9.95. The van der Waals surface area contributed by atoms with Gasteiger partial charge >= 0.3 is 6.03 Å². The van der Waals surface area contributed by atoms with E-state index in [2.05, 4.69) is 15.3 Å². The Hall–Kier alpha value is -2.83. The molecular weight excluding hydrogens is 320 g/mol. The third kappa shape index (κ3) is 3.81. The SMILES string of the molecule is COc1cc(NC(=O)N2CCCCC2c2ccccc2OC)ncn1. The minimum atomic E-state index is -0.184. The Balaban J connectivity index is 1.81. The van der Waals surface area contributed by atoms with Crippen LogP contribution in [0.2, 0.25) is 0 Å². The number of piperidine rings is 1. The molecule has 2 amide bonds. The highest BCUT2D eigenvalue weighted by Crippen LogP contribution is 2.36. The van der Waals surface area contributed by atoms with Crippen molar-refractivity contribution >= 4 is 11.8 Å². The number of carbonyl (C=O) groups is 1. The predicted molar refractivity (Wildman–Crippen MR) is 93.9 cm³/mol. The number of hydrogen-bond acceptors (Lipinski definition) is 5. The van der Waals surface area contributed by atoms with Gasteiger partial charge in [-0.25, -0.2) is 14.8 Å². The first-order valence-electron chi connectivity index (χ1n) is 8.29. The topological polar surface area (TPSA) is 76.6 Å². The van der Waals surface area contributed by atoms with Crippen LogP contribution in [-0.2, 0) is 0 Å². The number of hydrogen-bond donors (Lipinski definition) is 1. The minimum absolute atomic E-state index is 0.0198. The molecule has 0 spiro atoms. The number of nitrogens with one attached hydrogen (secondary N) is 1. The Morgan fingerprint density at radius 1 is 1.20 bits per heavy atom. The van der Waals surface area contributed by atoms with Crippen LogP contribution in [0.1, 0.15) is 30.9 Å². The normalized spacial score (nSPS) is 17.0. The predicted octanol–water partition coefficient (Wildman–Crippen LogP) is 3.25. The number of carbonyl (C=O) groups excluding carboxylic acids is 1. The summed E-state index contributed by atoms with van der Waals surface area (Å²) in [5.74, 6) is 1.63. The van der Waals surface area contributed by atoms with Gasteiger partial charge in [-0.3, -0.25) is 5.32 Å². The molecule has 132 valence electrons. The number of methoxy groups -OCH3 is 2. The average Bonchev–Trinajstić information content (AvgIpc) is 2.68. The third-order valence-corrected chi connectivity index (χ3v) is 4.35. The van der Waals surface area contributed by atoms with Crippen molar-refractivity contribution in [3.8, 4) is 11.6 Å². The zero-order chi connectivity index (χ0) is 17.6. The van der Waals surface area contributed by atoms with Gasteiger partial charge in [0.05, 0.1) is 20.3 Å². The van der Waals surface area contributed by atoms with Gasteiger partial charge < -0.3 is 14.4 Å². The molecule has 7 nitrogen and oxygen atoms in total. The summed E-state index contributed by atoms with van der Waals surface area (Å²) in [6.45, 7) is 0.691. The number of ether oxygens (including phenoxy) is 2. The maximum absolute atomic E-state index is 12.8. The number of rotatable bonds is 4. The fraction of sp³-hybridized carbons (Fsp3) is 0.389. The van der Waals surface area contributed by atoms with Crippen molar-refractivity contribution in [3.63, 3.8) is 0 Å². The van der Waals surface area contributed by atoms with Crippen LogP contribution in [0.25, 0.3) is 0 Å². The lowest BCUT2D eigenvalue weighted by Gasteiger charge is -2.36. The highest BCUT2D eigenvalue weighted by atomic mass is 16.5. The molecule has 1 aliphatic rings. The van der Waals surface area contributed by atoms with Gasteiger partial charge in [0.25, 0.3) is 0 Å². The summed E-state index contributed by atoms with van der Waals surface area (Å²) < 4.78 is 10.5. The zero-order valence-corrected chi connectivity index (χ0v) is 14.4. The van der Waals surface area contributed by atoms with Crippen LogP contribution in [0.15, 0.2) is 36.7 Å². The lowest BCUT2D eigenvalue weighted by molar-refractivity contribution is 0.162. The first-order valence-corrected chi connectivity index (χ1v) is 8.29.